The standard InChI is InChI=1S/C9H14ClN3/c1-6(2)4-9-12-7(10)5-8(11-3)13-9/h5-6H,4H2,1-3H3,(H,11,12,13). The molecule has 4 heteroatoms. The lowest BCUT2D eigenvalue weighted by Gasteiger charge is -2.05. The van der Waals surface area contributed by atoms with Gasteiger partial charge in [0.2, 0.25) is 0 Å². The third kappa shape index (κ3) is 3.19. The molecule has 1 N–H and O–H groups in total. The number of hydrogen-bond donors (Lipinski definition) is 1. The van der Waals surface area contributed by atoms with Gasteiger partial charge in [-0.25, -0.2) is 9.97 Å². The van der Waals surface area contributed by atoms with Crippen LogP contribution in [0.2, 0.25) is 5.15 Å². The van der Waals surface area contributed by atoms with E-state index in [0.717, 1.165) is 18.1 Å². The molecule has 1 aromatic heterocycles. The van der Waals surface area contributed by atoms with Crippen LogP contribution in [0.5, 0.6) is 0 Å². The van der Waals surface area contributed by atoms with E-state index in [0.29, 0.717) is 11.1 Å². The molecule has 0 aliphatic rings. The van der Waals surface area contributed by atoms with Crippen LogP contribution in [0.15, 0.2) is 6.07 Å². The van der Waals surface area contributed by atoms with E-state index >= 15 is 0 Å². The second kappa shape index (κ2) is 4.42. The van der Waals surface area contributed by atoms with Crippen molar-refractivity contribution in [1.29, 1.82) is 0 Å². The van der Waals surface area contributed by atoms with Crippen molar-refractivity contribution in [3.05, 3.63) is 17.0 Å². The minimum absolute atomic E-state index is 0.495. The molecule has 0 spiro atoms. The molecule has 0 fully saturated rings. The summed E-state index contributed by atoms with van der Waals surface area (Å²) in [6.45, 7) is 4.26. The third-order valence-corrected chi connectivity index (χ3v) is 1.78. The monoisotopic (exact) mass is 199 g/mol. The van der Waals surface area contributed by atoms with E-state index in [2.05, 4.69) is 29.1 Å². The topological polar surface area (TPSA) is 37.8 Å². The molecule has 0 saturated heterocycles. The minimum atomic E-state index is 0.495. The number of nitrogens with one attached hydrogen (secondary N) is 1. The second-order valence-corrected chi connectivity index (χ2v) is 3.73. The molecule has 0 saturated carbocycles. The van der Waals surface area contributed by atoms with Crippen molar-refractivity contribution < 1.29 is 0 Å². The van der Waals surface area contributed by atoms with Crippen molar-refractivity contribution in [3.63, 3.8) is 0 Å². The zero-order valence-corrected chi connectivity index (χ0v) is 8.89. The average Bonchev–Trinajstić information content (AvgIpc) is 2.01. The average molecular weight is 200 g/mol. The molecule has 0 radical (unpaired) electrons. The summed E-state index contributed by atoms with van der Waals surface area (Å²) in [5.74, 6) is 2.12. The van der Waals surface area contributed by atoms with Crippen LogP contribution in [0.4, 0.5) is 5.82 Å². The zero-order chi connectivity index (χ0) is 9.84. The Hall–Kier alpha value is -0.830. The highest BCUT2D eigenvalue weighted by Gasteiger charge is 2.04. The number of halogens is 1. The Balaban J connectivity index is 2.88. The van der Waals surface area contributed by atoms with E-state index in [9.17, 15) is 0 Å². The van der Waals surface area contributed by atoms with Crippen LogP contribution < -0.4 is 5.32 Å². The lowest BCUT2D eigenvalue weighted by atomic mass is 10.1. The molecule has 1 heterocycles. The van der Waals surface area contributed by atoms with Gasteiger partial charge in [-0.3, -0.25) is 0 Å². The third-order valence-electron chi connectivity index (χ3n) is 1.59. The molecule has 0 aliphatic carbocycles. The van der Waals surface area contributed by atoms with Gasteiger partial charge in [0.1, 0.15) is 16.8 Å². The molecule has 13 heavy (non-hydrogen) atoms. The highest BCUT2D eigenvalue weighted by atomic mass is 35.5. The van der Waals surface area contributed by atoms with Crippen molar-refractivity contribution in [1.82, 2.24) is 9.97 Å². The quantitative estimate of drug-likeness (QED) is 0.760. The highest BCUT2D eigenvalue weighted by molar-refractivity contribution is 6.29. The first kappa shape index (κ1) is 10.3. The minimum Gasteiger partial charge on any atom is -0.373 e. The van der Waals surface area contributed by atoms with Crippen molar-refractivity contribution in [2.24, 2.45) is 5.92 Å². The van der Waals surface area contributed by atoms with Gasteiger partial charge in [0.15, 0.2) is 0 Å². The van der Waals surface area contributed by atoms with E-state index in [1.54, 1.807) is 6.07 Å². The summed E-state index contributed by atoms with van der Waals surface area (Å²) in [7, 11) is 1.82. The SMILES string of the molecule is CNc1cc(Cl)nc(CC(C)C)n1. The van der Waals surface area contributed by atoms with Gasteiger partial charge in [-0.1, -0.05) is 25.4 Å². The highest BCUT2D eigenvalue weighted by Crippen LogP contribution is 2.12. The van der Waals surface area contributed by atoms with Crippen molar-refractivity contribution >= 4 is 17.4 Å². The first-order valence-corrected chi connectivity index (χ1v) is 4.71. The maximum absolute atomic E-state index is 5.82. The van der Waals surface area contributed by atoms with Gasteiger partial charge in [-0.2, -0.15) is 0 Å². The fourth-order valence-electron chi connectivity index (χ4n) is 1.05. The number of hydrogen-bond acceptors (Lipinski definition) is 3. The van der Waals surface area contributed by atoms with E-state index in [1.807, 2.05) is 7.05 Å². The first-order valence-electron chi connectivity index (χ1n) is 4.33. The number of anilines is 1. The summed E-state index contributed by atoms with van der Waals surface area (Å²) in [5, 5.41) is 3.44. The first-order chi connectivity index (χ1) is 6.11. The molecule has 3 nitrogen and oxygen atoms in total. The van der Waals surface area contributed by atoms with Gasteiger partial charge >= 0.3 is 0 Å². The molecule has 0 atom stereocenters. The van der Waals surface area contributed by atoms with E-state index in [1.165, 1.54) is 0 Å². The molecule has 72 valence electrons. The van der Waals surface area contributed by atoms with Crippen LogP contribution in [-0.2, 0) is 6.42 Å². The van der Waals surface area contributed by atoms with Crippen molar-refractivity contribution in [2.75, 3.05) is 12.4 Å². The molecule has 1 rings (SSSR count). The lowest BCUT2D eigenvalue weighted by Crippen LogP contribution is -2.03. The van der Waals surface area contributed by atoms with Gasteiger partial charge in [-0.15, -0.1) is 0 Å². The maximum atomic E-state index is 5.82. The Morgan fingerprint density at radius 3 is 2.69 bits per heavy atom. The molecule has 0 unspecified atom stereocenters. The predicted octanol–water partition coefficient (Wildman–Crippen LogP) is 2.37. The van der Waals surface area contributed by atoms with Crippen LogP contribution in [0.3, 0.4) is 0 Å². The summed E-state index contributed by atoms with van der Waals surface area (Å²) in [5.41, 5.74) is 0. The van der Waals surface area contributed by atoms with Gasteiger partial charge in [-0.05, 0) is 5.92 Å². The summed E-state index contributed by atoms with van der Waals surface area (Å²) in [4.78, 5) is 8.42. The summed E-state index contributed by atoms with van der Waals surface area (Å²) in [6, 6.07) is 1.71. The summed E-state index contributed by atoms with van der Waals surface area (Å²) < 4.78 is 0. The number of nitrogens with zero attached hydrogens (tertiary/aromatic N) is 2. The lowest BCUT2D eigenvalue weighted by molar-refractivity contribution is 0.621. The molecule has 0 amide bonds. The van der Waals surface area contributed by atoms with Crippen LogP contribution in [0.25, 0.3) is 0 Å². The normalized spacial score (nSPS) is 10.5. The smallest absolute Gasteiger partial charge is 0.134 e. The summed E-state index contributed by atoms with van der Waals surface area (Å²) >= 11 is 5.82. The molecule has 1 aromatic rings. The molecule has 0 bridgehead atoms. The van der Waals surface area contributed by atoms with Crippen molar-refractivity contribution in [3.8, 4) is 0 Å². The molecule has 0 aromatic carbocycles. The van der Waals surface area contributed by atoms with E-state index in [-0.39, 0.29) is 0 Å². The van der Waals surface area contributed by atoms with Gasteiger partial charge < -0.3 is 5.32 Å². The van der Waals surface area contributed by atoms with Gasteiger partial charge in [0.05, 0.1) is 0 Å². The number of aromatic nitrogens is 2. The Labute approximate surface area is 83.5 Å². The van der Waals surface area contributed by atoms with Crippen molar-refractivity contribution in [2.45, 2.75) is 20.3 Å². The Kier molecular flexibility index (Phi) is 3.48. The van der Waals surface area contributed by atoms with Crippen LogP contribution in [0, 0.1) is 5.92 Å². The van der Waals surface area contributed by atoms with E-state index in [4.69, 9.17) is 11.6 Å². The predicted molar refractivity (Wildman–Crippen MR) is 55.1 cm³/mol. The fraction of sp³-hybridized carbons (Fsp3) is 0.556. The molecular formula is C9H14ClN3. The maximum Gasteiger partial charge on any atom is 0.134 e. The van der Waals surface area contributed by atoms with Crippen LogP contribution >= 0.6 is 11.6 Å². The van der Waals surface area contributed by atoms with E-state index < -0.39 is 0 Å². The molecule has 0 aliphatic heterocycles. The largest absolute Gasteiger partial charge is 0.373 e. The Morgan fingerprint density at radius 2 is 2.15 bits per heavy atom. The molecular weight excluding hydrogens is 186 g/mol. The van der Waals surface area contributed by atoms with Gasteiger partial charge in [0.25, 0.3) is 0 Å². The fourth-order valence-corrected chi connectivity index (χ4v) is 1.25. The summed E-state index contributed by atoms with van der Waals surface area (Å²) in [6.07, 6.45) is 0.856. The van der Waals surface area contributed by atoms with Crippen LogP contribution in [-0.4, -0.2) is 17.0 Å². The Morgan fingerprint density at radius 1 is 1.46 bits per heavy atom. The zero-order valence-electron chi connectivity index (χ0n) is 8.13. The Bertz CT molecular complexity index is 286. The second-order valence-electron chi connectivity index (χ2n) is 3.34. The van der Waals surface area contributed by atoms with Crippen LogP contribution in [0.1, 0.15) is 19.7 Å². The van der Waals surface area contributed by atoms with Gasteiger partial charge in [0, 0.05) is 19.5 Å². The number of rotatable bonds is 3.